The quantitative estimate of drug-likeness (QED) is 0.645. The molecular weight excluding hydrogens is 236 g/mol. The van der Waals surface area contributed by atoms with Crippen LogP contribution in [-0.2, 0) is 12.8 Å². The van der Waals surface area contributed by atoms with Crippen LogP contribution in [0.3, 0.4) is 0 Å². The van der Waals surface area contributed by atoms with Crippen molar-refractivity contribution in [3.63, 3.8) is 0 Å². The van der Waals surface area contributed by atoms with Gasteiger partial charge in [-0.25, -0.2) is 4.98 Å². The number of pyridine rings is 1. The highest BCUT2D eigenvalue weighted by Crippen LogP contribution is 2.26. The number of anilines is 1. The summed E-state index contributed by atoms with van der Waals surface area (Å²) in [5.74, 6) is 1.54. The first-order valence-electron chi connectivity index (χ1n) is 7.07. The van der Waals surface area contributed by atoms with E-state index in [-0.39, 0.29) is 5.84 Å². The van der Waals surface area contributed by atoms with Gasteiger partial charge < -0.3 is 10.6 Å². The minimum atomic E-state index is 0.117. The molecule has 0 aromatic carbocycles. The second-order valence-electron chi connectivity index (χ2n) is 5.86. The van der Waals surface area contributed by atoms with Crippen molar-refractivity contribution in [3.05, 3.63) is 22.9 Å². The summed E-state index contributed by atoms with van der Waals surface area (Å²) in [4.78, 5) is 6.91. The van der Waals surface area contributed by atoms with Crippen LogP contribution in [0.2, 0.25) is 0 Å². The highest BCUT2D eigenvalue weighted by Gasteiger charge is 2.19. The van der Waals surface area contributed by atoms with Crippen molar-refractivity contribution < 1.29 is 0 Å². The van der Waals surface area contributed by atoms with Gasteiger partial charge in [0.05, 0.1) is 5.56 Å². The predicted molar refractivity (Wildman–Crippen MR) is 80.0 cm³/mol. The largest absolute Gasteiger partial charge is 0.384 e. The van der Waals surface area contributed by atoms with Gasteiger partial charge in [-0.15, -0.1) is 0 Å². The summed E-state index contributed by atoms with van der Waals surface area (Å²) in [6.07, 6.45) is 4.55. The maximum atomic E-state index is 7.78. The van der Waals surface area contributed by atoms with Crippen molar-refractivity contribution >= 4 is 11.7 Å². The van der Waals surface area contributed by atoms with Crippen LogP contribution in [0.25, 0.3) is 0 Å². The molecule has 4 nitrogen and oxygen atoms in total. The second kappa shape index (κ2) is 5.59. The number of hydrogen-bond acceptors (Lipinski definition) is 3. The fourth-order valence-corrected chi connectivity index (χ4v) is 2.75. The highest BCUT2D eigenvalue weighted by atomic mass is 15.2. The van der Waals surface area contributed by atoms with Gasteiger partial charge in [-0.1, -0.05) is 13.8 Å². The summed E-state index contributed by atoms with van der Waals surface area (Å²) in [7, 11) is 2.03. The van der Waals surface area contributed by atoms with E-state index in [1.165, 1.54) is 24.1 Å². The zero-order valence-electron chi connectivity index (χ0n) is 12.2. The number of aromatic nitrogens is 1. The third kappa shape index (κ3) is 3.06. The van der Waals surface area contributed by atoms with Gasteiger partial charge in [0, 0.05) is 19.3 Å². The lowest BCUT2D eigenvalue weighted by Crippen LogP contribution is -2.28. The highest BCUT2D eigenvalue weighted by molar-refractivity contribution is 5.99. The fourth-order valence-electron chi connectivity index (χ4n) is 2.75. The molecule has 19 heavy (non-hydrogen) atoms. The summed E-state index contributed by atoms with van der Waals surface area (Å²) in [6, 6.07) is 2.08. The Hall–Kier alpha value is -1.58. The lowest BCUT2D eigenvalue weighted by molar-refractivity contribution is 0.628. The number of amidine groups is 1. The molecule has 0 amide bonds. The number of hydrogen-bond donors (Lipinski definition) is 2. The van der Waals surface area contributed by atoms with Crippen molar-refractivity contribution in [2.24, 2.45) is 11.7 Å². The molecule has 0 bridgehead atoms. The van der Waals surface area contributed by atoms with Crippen LogP contribution in [0.5, 0.6) is 0 Å². The molecule has 0 saturated heterocycles. The predicted octanol–water partition coefficient (Wildman–Crippen LogP) is 2.34. The topological polar surface area (TPSA) is 66.0 Å². The molecule has 0 spiro atoms. The van der Waals surface area contributed by atoms with Gasteiger partial charge in [-0.3, -0.25) is 5.41 Å². The molecule has 2 rings (SSSR count). The summed E-state index contributed by atoms with van der Waals surface area (Å²) in [5, 5.41) is 7.78. The molecule has 1 aromatic heterocycles. The third-order valence-corrected chi connectivity index (χ3v) is 3.57. The van der Waals surface area contributed by atoms with E-state index in [0.29, 0.717) is 5.92 Å². The van der Waals surface area contributed by atoms with Crippen molar-refractivity contribution in [1.82, 2.24) is 4.98 Å². The molecule has 0 fully saturated rings. The number of nitrogens with one attached hydrogen (secondary N) is 1. The van der Waals surface area contributed by atoms with Gasteiger partial charge in [0.25, 0.3) is 0 Å². The number of fused-ring (bicyclic) bond motifs is 1. The molecule has 3 N–H and O–H groups in total. The summed E-state index contributed by atoms with van der Waals surface area (Å²) >= 11 is 0. The Morgan fingerprint density at radius 2 is 2.11 bits per heavy atom. The van der Waals surface area contributed by atoms with Crippen molar-refractivity contribution in [2.75, 3.05) is 18.5 Å². The molecule has 1 heterocycles. The van der Waals surface area contributed by atoms with Gasteiger partial charge in [0.15, 0.2) is 0 Å². The van der Waals surface area contributed by atoms with Gasteiger partial charge in [-0.05, 0) is 43.2 Å². The SMILES string of the molecule is CC(C)CN(C)c1nc2c(cc1C(=N)N)CCCC2. The van der Waals surface area contributed by atoms with Crippen LogP contribution >= 0.6 is 0 Å². The lowest BCUT2D eigenvalue weighted by atomic mass is 9.94. The Morgan fingerprint density at radius 3 is 2.74 bits per heavy atom. The molecule has 4 heteroatoms. The number of nitrogens with zero attached hydrogens (tertiary/aromatic N) is 2. The Kier molecular flexibility index (Phi) is 4.08. The zero-order chi connectivity index (χ0) is 14.0. The summed E-state index contributed by atoms with van der Waals surface area (Å²) < 4.78 is 0. The first kappa shape index (κ1) is 13.8. The molecule has 0 atom stereocenters. The Bertz CT molecular complexity index is 479. The van der Waals surface area contributed by atoms with Crippen molar-refractivity contribution in [2.45, 2.75) is 39.5 Å². The Labute approximate surface area is 115 Å². The minimum Gasteiger partial charge on any atom is -0.384 e. The van der Waals surface area contributed by atoms with Crippen LogP contribution in [-0.4, -0.2) is 24.4 Å². The number of rotatable bonds is 4. The van der Waals surface area contributed by atoms with Gasteiger partial charge in [0.1, 0.15) is 11.7 Å². The Morgan fingerprint density at radius 1 is 1.42 bits per heavy atom. The van der Waals surface area contributed by atoms with Crippen LogP contribution in [0, 0.1) is 11.3 Å². The van der Waals surface area contributed by atoms with E-state index >= 15 is 0 Å². The maximum absolute atomic E-state index is 7.78. The normalized spacial score (nSPS) is 14.3. The lowest BCUT2D eigenvalue weighted by Gasteiger charge is -2.25. The molecule has 104 valence electrons. The first-order valence-corrected chi connectivity index (χ1v) is 7.07. The van der Waals surface area contributed by atoms with E-state index in [9.17, 15) is 0 Å². The maximum Gasteiger partial charge on any atom is 0.139 e. The molecule has 1 aliphatic carbocycles. The second-order valence-corrected chi connectivity index (χ2v) is 5.86. The van der Waals surface area contributed by atoms with Crippen LogP contribution in [0.4, 0.5) is 5.82 Å². The average molecular weight is 260 g/mol. The van der Waals surface area contributed by atoms with Crippen LogP contribution < -0.4 is 10.6 Å². The molecule has 1 aliphatic rings. The Balaban J connectivity index is 2.42. The van der Waals surface area contributed by atoms with Gasteiger partial charge in [0.2, 0.25) is 0 Å². The van der Waals surface area contributed by atoms with Crippen LogP contribution in [0.15, 0.2) is 6.07 Å². The number of nitrogens with two attached hydrogens (primary N) is 1. The molecule has 0 aliphatic heterocycles. The van der Waals surface area contributed by atoms with E-state index in [0.717, 1.165) is 30.8 Å². The van der Waals surface area contributed by atoms with Crippen molar-refractivity contribution in [3.8, 4) is 0 Å². The summed E-state index contributed by atoms with van der Waals surface area (Å²) in [5.41, 5.74) is 8.99. The molecule has 1 aromatic rings. The molecule has 0 unspecified atom stereocenters. The first-order chi connectivity index (χ1) is 8.99. The van der Waals surface area contributed by atoms with Crippen LogP contribution in [0.1, 0.15) is 43.5 Å². The average Bonchev–Trinajstić information content (AvgIpc) is 2.36. The molecule has 0 saturated carbocycles. The van der Waals surface area contributed by atoms with Crippen molar-refractivity contribution in [1.29, 1.82) is 5.41 Å². The summed E-state index contributed by atoms with van der Waals surface area (Å²) in [6.45, 7) is 5.29. The molecule has 0 radical (unpaired) electrons. The standard InChI is InChI=1S/C15H24N4/c1-10(2)9-19(3)15-12(14(16)17)8-11-6-4-5-7-13(11)18-15/h8,10H,4-7,9H2,1-3H3,(H3,16,17). The number of aryl methyl sites for hydroxylation is 2. The fraction of sp³-hybridized carbons (Fsp3) is 0.600. The number of nitrogen functional groups attached to an aromatic ring is 1. The minimum absolute atomic E-state index is 0.117. The third-order valence-electron chi connectivity index (χ3n) is 3.57. The van der Waals surface area contributed by atoms with E-state index in [2.05, 4.69) is 24.8 Å². The zero-order valence-corrected chi connectivity index (χ0v) is 12.2. The van der Waals surface area contributed by atoms with E-state index in [1.54, 1.807) is 0 Å². The van der Waals surface area contributed by atoms with E-state index < -0.39 is 0 Å². The van der Waals surface area contributed by atoms with Gasteiger partial charge >= 0.3 is 0 Å². The van der Waals surface area contributed by atoms with E-state index in [4.69, 9.17) is 16.1 Å². The smallest absolute Gasteiger partial charge is 0.139 e. The van der Waals surface area contributed by atoms with Gasteiger partial charge in [-0.2, -0.15) is 0 Å². The monoisotopic (exact) mass is 260 g/mol. The molecular formula is C15H24N4. The van der Waals surface area contributed by atoms with E-state index in [1.807, 2.05) is 7.05 Å².